The third-order valence-corrected chi connectivity index (χ3v) is 7.34. The molecule has 1 aromatic heterocycles. The van der Waals surface area contributed by atoms with Crippen molar-refractivity contribution in [3.8, 4) is 0 Å². The molecule has 0 aliphatic heterocycles. The van der Waals surface area contributed by atoms with Crippen molar-refractivity contribution in [2.75, 3.05) is 26.0 Å². The minimum absolute atomic E-state index is 0.0535. The van der Waals surface area contributed by atoms with Gasteiger partial charge in [-0.2, -0.15) is 0 Å². The second-order valence-corrected chi connectivity index (χ2v) is 10.4. The van der Waals surface area contributed by atoms with E-state index in [2.05, 4.69) is 52.0 Å². The van der Waals surface area contributed by atoms with Crippen LogP contribution < -0.4 is 10.6 Å². The van der Waals surface area contributed by atoms with Crippen molar-refractivity contribution in [2.45, 2.75) is 54.7 Å². The van der Waals surface area contributed by atoms with Crippen LogP contribution in [0.3, 0.4) is 0 Å². The van der Waals surface area contributed by atoms with Crippen molar-refractivity contribution >= 4 is 40.0 Å². The largest absolute Gasteiger partial charge is 0.353 e. The first-order valence-electron chi connectivity index (χ1n) is 10.7. The molecule has 0 saturated heterocycles. The van der Waals surface area contributed by atoms with Crippen LogP contribution in [0, 0.1) is 5.92 Å². The molecule has 1 aliphatic carbocycles. The van der Waals surface area contributed by atoms with Crippen LogP contribution in [-0.4, -0.2) is 53.6 Å². The Balaban J connectivity index is 1.38. The van der Waals surface area contributed by atoms with Gasteiger partial charge < -0.3 is 15.5 Å². The summed E-state index contributed by atoms with van der Waals surface area (Å²) in [6, 6.07) is 10.3. The van der Waals surface area contributed by atoms with Gasteiger partial charge in [0.15, 0.2) is 4.34 Å². The summed E-state index contributed by atoms with van der Waals surface area (Å²) in [5.74, 6) is 1.02. The summed E-state index contributed by atoms with van der Waals surface area (Å²) in [5, 5.41) is 14.5. The Morgan fingerprint density at radius 3 is 2.61 bits per heavy atom. The van der Waals surface area contributed by atoms with Gasteiger partial charge in [0.05, 0.1) is 0 Å². The van der Waals surface area contributed by atoms with E-state index in [-0.39, 0.29) is 30.7 Å². The molecular weight excluding hydrogens is 430 g/mol. The maximum atomic E-state index is 12.4. The van der Waals surface area contributed by atoms with E-state index in [0.717, 1.165) is 35.9 Å². The van der Waals surface area contributed by atoms with Crippen molar-refractivity contribution < 1.29 is 9.59 Å². The van der Waals surface area contributed by atoms with Crippen LogP contribution in [0.25, 0.3) is 0 Å². The smallest absolute Gasteiger partial charge is 0.226 e. The summed E-state index contributed by atoms with van der Waals surface area (Å²) in [4.78, 5) is 26.8. The molecule has 168 valence electrons. The SMILES string of the molecule is CN(C)CC1CCCCC1NC(=O)CCC(=O)Nc1nnc(SCc2ccccc2)s1. The van der Waals surface area contributed by atoms with Crippen LogP contribution in [0.5, 0.6) is 0 Å². The van der Waals surface area contributed by atoms with E-state index >= 15 is 0 Å². The van der Waals surface area contributed by atoms with Gasteiger partial charge in [0.2, 0.25) is 16.9 Å². The molecule has 1 heterocycles. The van der Waals surface area contributed by atoms with E-state index in [1.165, 1.54) is 23.3 Å². The van der Waals surface area contributed by atoms with Gasteiger partial charge in [0.25, 0.3) is 0 Å². The van der Waals surface area contributed by atoms with Crippen LogP contribution in [0.2, 0.25) is 0 Å². The first-order chi connectivity index (χ1) is 15.0. The second kappa shape index (κ2) is 12.2. The number of anilines is 1. The second-order valence-electron chi connectivity index (χ2n) is 8.18. The molecule has 1 aliphatic rings. The highest BCUT2D eigenvalue weighted by Crippen LogP contribution is 2.28. The fraction of sp³-hybridized carbons (Fsp3) is 0.545. The first-order valence-corrected chi connectivity index (χ1v) is 12.5. The molecule has 2 aromatic rings. The molecule has 0 radical (unpaired) electrons. The third kappa shape index (κ3) is 8.23. The number of nitrogens with zero attached hydrogens (tertiary/aromatic N) is 3. The van der Waals surface area contributed by atoms with E-state index in [0.29, 0.717) is 11.0 Å². The monoisotopic (exact) mass is 461 g/mol. The van der Waals surface area contributed by atoms with Gasteiger partial charge in [-0.15, -0.1) is 10.2 Å². The summed E-state index contributed by atoms with van der Waals surface area (Å²) in [6.07, 6.45) is 4.86. The summed E-state index contributed by atoms with van der Waals surface area (Å²) < 4.78 is 0.807. The molecule has 0 spiro atoms. The number of carbonyl (C=O) groups excluding carboxylic acids is 2. The predicted octanol–water partition coefficient (Wildman–Crippen LogP) is 3.79. The Bertz CT molecular complexity index is 843. The third-order valence-electron chi connectivity index (χ3n) is 5.29. The lowest BCUT2D eigenvalue weighted by molar-refractivity contribution is -0.125. The molecule has 7 nitrogen and oxygen atoms in total. The Morgan fingerprint density at radius 1 is 1.10 bits per heavy atom. The minimum Gasteiger partial charge on any atom is -0.353 e. The van der Waals surface area contributed by atoms with Gasteiger partial charge in [-0.05, 0) is 38.4 Å². The normalized spacial score (nSPS) is 18.7. The molecule has 9 heteroatoms. The number of aromatic nitrogens is 2. The van der Waals surface area contributed by atoms with E-state index in [4.69, 9.17) is 0 Å². The summed E-state index contributed by atoms with van der Waals surface area (Å²) in [6.45, 7) is 0.979. The standard InChI is InChI=1S/C22H31N5O2S2/c1-27(2)14-17-10-6-7-11-18(17)23-19(28)12-13-20(29)24-21-25-26-22(31-21)30-15-16-8-4-3-5-9-16/h3-5,8-9,17-18H,6-7,10-15H2,1-2H3,(H,23,28)(H,24,25,29). The highest BCUT2D eigenvalue weighted by atomic mass is 32.2. The lowest BCUT2D eigenvalue weighted by atomic mass is 9.84. The van der Waals surface area contributed by atoms with Gasteiger partial charge in [-0.3, -0.25) is 9.59 Å². The lowest BCUT2D eigenvalue weighted by Gasteiger charge is -2.34. The number of benzene rings is 1. The Labute approximate surface area is 192 Å². The topological polar surface area (TPSA) is 87.2 Å². The van der Waals surface area contributed by atoms with Gasteiger partial charge >= 0.3 is 0 Å². The zero-order chi connectivity index (χ0) is 22.1. The fourth-order valence-electron chi connectivity index (χ4n) is 3.81. The van der Waals surface area contributed by atoms with Crippen molar-refractivity contribution in [1.82, 2.24) is 20.4 Å². The number of carbonyl (C=O) groups is 2. The Kier molecular flexibility index (Phi) is 9.30. The molecule has 31 heavy (non-hydrogen) atoms. The minimum atomic E-state index is -0.209. The van der Waals surface area contributed by atoms with Crippen molar-refractivity contribution in [1.29, 1.82) is 0 Å². The highest BCUT2D eigenvalue weighted by Gasteiger charge is 2.26. The average molecular weight is 462 g/mol. The van der Waals surface area contributed by atoms with Gasteiger partial charge in [-0.25, -0.2) is 0 Å². The average Bonchev–Trinajstić information content (AvgIpc) is 3.20. The predicted molar refractivity (Wildman–Crippen MR) is 126 cm³/mol. The number of nitrogens with one attached hydrogen (secondary N) is 2. The number of hydrogen-bond donors (Lipinski definition) is 2. The summed E-state index contributed by atoms with van der Waals surface area (Å²) >= 11 is 2.94. The quantitative estimate of drug-likeness (QED) is 0.414. The van der Waals surface area contributed by atoms with E-state index < -0.39 is 0 Å². The molecule has 2 unspecified atom stereocenters. The van der Waals surface area contributed by atoms with Gasteiger partial charge in [-0.1, -0.05) is 66.3 Å². The maximum Gasteiger partial charge on any atom is 0.226 e. The Hall–Kier alpha value is -1.97. The Morgan fingerprint density at radius 2 is 1.84 bits per heavy atom. The molecule has 1 aromatic carbocycles. The first kappa shape index (κ1) is 23.7. The molecule has 2 atom stereocenters. The number of amides is 2. The molecule has 2 N–H and O–H groups in total. The van der Waals surface area contributed by atoms with Crippen LogP contribution >= 0.6 is 23.1 Å². The number of hydrogen-bond acceptors (Lipinski definition) is 7. The summed E-state index contributed by atoms with van der Waals surface area (Å²) in [5.41, 5.74) is 1.21. The molecule has 2 amide bonds. The number of rotatable bonds is 10. The highest BCUT2D eigenvalue weighted by molar-refractivity contribution is 8.00. The molecule has 0 bridgehead atoms. The van der Waals surface area contributed by atoms with Crippen LogP contribution in [0.4, 0.5) is 5.13 Å². The van der Waals surface area contributed by atoms with Gasteiger partial charge in [0.1, 0.15) is 0 Å². The zero-order valence-electron chi connectivity index (χ0n) is 18.2. The lowest BCUT2D eigenvalue weighted by Crippen LogP contribution is -2.45. The van der Waals surface area contributed by atoms with Crippen LogP contribution in [-0.2, 0) is 15.3 Å². The maximum absolute atomic E-state index is 12.4. The van der Waals surface area contributed by atoms with E-state index in [1.807, 2.05) is 18.2 Å². The van der Waals surface area contributed by atoms with Crippen LogP contribution in [0.1, 0.15) is 44.1 Å². The molecular formula is C22H31N5O2S2. The van der Waals surface area contributed by atoms with Crippen molar-refractivity contribution in [3.63, 3.8) is 0 Å². The molecule has 1 saturated carbocycles. The number of thioether (sulfide) groups is 1. The van der Waals surface area contributed by atoms with Gasteiger partial charge in [0, 0.05) is 31.2 Å². The fourth-order valence-corrected chi connectivity index (χ4v) is 5.53. The van der Waals surface area contributed by atoms with E-state index in [1.54, 1.807) is 11.8 Å². The van der Waals surface area contributed by atoms with Crippen molar-refractivity contribution in [2.24, 2.45) is 5.92 Å². The molecule has 1 fully saturated rings. The van der Waals surface area contributed by atoms with E-state index in [9.17, 15) is 9.59 Å². The van der Waals surface area contributed by atoms with Crippen molar-refractivity contribution in [3.05, 3.63) is 35.9 Å². The molecule has 3 rings (SSSR count). The van der Waals surface area contributed by atoms with Crippen LogP contribution in [0.15, 0.2) is 34.7 Å². The zero-order valence-corrected chi connectivity index (χ0v) is 19.8. The summed E-state index contributed by atoms with van der Waals surface area (Å²) in [7, 11) is 4.13.